The summed E-state index contributed by atoms with van der Waals surface area (Å²) < 4.78 is 7.22. The van der Waals surface area contributed by atoms with E-state index in [1.54, 1.807) is 13.3 Å². The summed E-state index contributed by atoms with van der Waals surface area (Å²) in [5, 5.41) is 3.26. The van der Waals surface area contributed by atoms with E-state index in [0.29, 0.717) is 0 Å². The van der Waals surface area contributed by atoms with Crippen LogP contribution < -0.4 is 10.1 Å². The van der Waals surface area contributed by atoms with Crippen LogP contribution in [0.15, 0.2) is 60.9 Å². The van der Waals surface area contributed by atoms with Gasteiger partial charge in [-0.1, -0.05) is 36.4 Å². The van der Waals surface area contributed by atoms with Crippen LogP contribution in [0, 0.1) is 0 Å². The quantitative estimate of drug-likeness (QED) is 0.739. The fraction of sp³-hybridized carbons (Fsp3) is 0.304. The highest BCUT2D eigenvalue weighted by atomic mass is 16.5. The molecule has 2 atom stereocenters. The summed E-state index contributed by atoms with van der Waals surface area (Å²) in [6.45, 7) is 0. The lowest BCUT2D eigenvalue weighted by Gasteiger charge is -2.27. The zero-order chi connectivity index (χ0) is 19.5. The topological polar surface area (TPSA) is 56.1 Å². The van der Waals surface area contributed by atoms with Gasteiger partial charge in [0.25, 0.3) is 0 Å². The van der Waals surface area contributed by atoms with Gasteiger partial charge in [-0.2, -0.15) is 0 Å². The van der Waals surface area contributed by atoms with Crippen molar-refractivity contribution in [3.8, 4) is 5.75 Å². The van der Waals surface area contributed by atoms with Gasteiger partial charge >= 0.3 is 0 Å². The van der Waals surface area contributed by atoms with Crippen LogP contribution in [0.3, 0.4) is 0 Å². The average molecular weight is 375 g/mol. The number of fused-ring (bicyclic) bond motifs is 1. The minimum absolute atomic E-state index is 0.0518. The number of carbonyl (C=O) groups is 1. The van der Waals surface area contributed by atoms with E-state index in [1.165, 1.54) is 5.56 Å². The molecule has 28 heavy (non-hydrogen) atoms. The normalized spacial score (nSPS) is 16.9. The highest BCUT2D eigenvalue weighted by molar-refractivity contribution is 5.85. The van der Waals surface area contributed by atoms with Crippen molar-refractivity contribution in [3.63, 3.8) is 0 Å². The molecule has 1 aliphatic rings. The Kier molecular flexibility index (Phi) is 5.15. The van der Waals surface area contributed by atoms with Crippen LogP contribution in [0.25, 0.3) is 0 Å². The number of methoxy groups -OCH3 is 1. The number of hydrogen-bond acceptors (Lipinski definition) is 3. The van der Waals surface area contributed by atoms with Gasteiger partial charge in [-0.3, -0.25) is 4.79 Å². The molecule has 0 bridgehead atoms. The van der Waals surface area contributed by atoms with E-state index in [4.69, 9.17) is 4.74 Å². The zero-order valence-corrected chi connectivity index (χ0v) is 16.3. The van der Waals surface area contributed by atoms with E-state index >= 15 is 0 Å². The number of benzene rings is 2. The van der Waals surface area contributed by atoms with Crippen LogP contribution in [0.2, 0.25) is 0 Å². The molecule has 0 radical (unpaired) electrons. The number of ether oxygens (including phenoxy) is 1. The van der Waals surface area contributed by atoms with E-state index in [1.807, 2.05) is 54.2 Å². The second-order valence-electron chi connectivity index (χ2n) is 7.25. The Bertz CT molecular complexity index is 962. The first-order valence-electron chi connectivity index (χ1n) is 9.66. The molecule has 1 N–H and O–H groups in total. The monoisotopic (exact) mass is 375 g/mol. The number of nitrogens with zero attached hydrogens (tertiary/aromatic N) is 2. The van der Waals surface area contributed by atoms with Gasteiger partial charge in [0.05, 0.1) is 13.0 Å². The van der Waals surface area contributed by atoms with Crippen molar-refractivity contribution in [2.75, 3.05) is 7.11 Å². The molecule has 3 aromatic rings. The van der Waals surface area contributed by atoms with Crippen LogP contribution in [-0.4, -0.2) is 22.6 Å². The molecule has 4 rings (SSSR count). The number of rotatable bonds is 5. The first-order chi connectivity index (χ1) is 13.7. The van der Waals surface area contributed by atoms with Gasteiger partial charge in [0.15, 0.2) is 0 Å². The van der Waals surface area contributed by atoms with Gasteiger partial charge in [0, 0.05) is 19.4 Å². The summed E-state index contributed by atoms with van der Waals surface area (Å²) in [4.78, 5) is 17.8. The summed E-state index contributed by atoms with van der Waals surface area (Å²) >= 11 is 0. The maximum absolute atomic E-state index is 13.3. The van der Waals surface area contributed by atoms with E-state index in [-0.39, 0.29) is 17.9 Å². The summed E-state index contributed by atoms with van der Waals surface area (Å²) in [6, 6.07) is 15.8. The number of amides is 1. The number of carbonyl (C=O) groups excluding carboxylic acids is 1. The molecule has 0 fully saturated rings. The third-order valence-corrected chi connectivity index (χ3v) is 5.54. The smallest absolute Gasteiger partial charge is 0.228 e. The molecule has 1 aromatic heterocycles. The lowest BCUT2D eigenvalue weighted by atomic mass is 9.82. The summed E-state index contributed by atoms with van der Waals surface area (Å²) in [5.41, 5.74) is 3.42. The number of nitrogens with one attached hydrogen (secondary N) is 1. The molecule has 0 aliphatic heterocycles. The predicted octanol–water partition coefficient (Wildman–Crippen LogP) is 3.75. The number of aromatic nitrogens is 2. The third kappa shape index (κ3) is 3.52. The second kappa shape index (κ2) is 7.89. The molecular formula is C23H25N3O2. The summed E-state index contributed by atoms with van der Waals surface area (Å²) in [6.07, 6.45) is 6.60. The van der Waals surface area contributed by atoms with Gasteiger partial charge in [-0.15, -0.1) is 0 Å². The number of aryl methyl sites for hydroxylation is 2. The average Bonchev–Trinajstić information content (AvgIpc) is 3.17. The van der Waals surface area contributed by atoms with Gasteiger partial charge in [0.1, 0.15) is 17.6 Å². The minimum Gasteiger partial charge on any atom is -0.497 e. The fourth-order valence-electron chi connectivity index (χ4n) is 4.02. The lowest BCUT2D eigenvalue weighted by molar-refractivity contribution is -0.123. The first kappa shape index (κ1) is 18.3. The molecule has 1 heterocycles. The van der Waals surface area contributed by atoms with E-state index in [0.717, 1.165) is 42.0 Å². The van der Waals surface area contributed by atoms with Crippen molar-refractivity contribution in [1.82, 2.24) is 14.9 Å². The van der Waals surface area contributed by atoms with Crippen LogP contribution in [-0.2, 0) is 18.3 Å². The molecule has 1 amide bonds. The summed E-state index contributed by atoms with van der Waals surface area (Å²) in [5.74, 6) is 1.53. The molecule has 2 aromatic carbocycles. The highest BCUT2D eigenvalue weighted by Gasteiger charge is 2.29. The minimum atomic E-state index is -0.313. The van der Waals surface area contributed by atoms with Crippen molar-refractivity contribution in [2.45, 2.75) is 31.2 Å². The molecule has 5 nitrogen and oxygen atoms in total. The van der Waals surface area contributed by atoms with Gasteiger partial charge in [-0.05, 0) is 48.1 Å². The Balaban J connectivity index is 1.64. The summed E-state index contributed by atoms with van der Waals surface area (Å²) in [7, 11) is 3.59. The van der Waals surface area contributed by atoms with Crippen LogP contribution in [0.4, 0.5) is 0 Å². The van der Waals surface area contributed by atoms with E-state index in [2.05, 4.69) is 22.4 Å². The largest absolute Gasteiger partial charge is 0.497 e. The highest BCUT2D eigenvalue weighted by Crippen LogP contribution is 2.33. The van der Waals surface area contributed by atoms with Crippen molar-refractivity contribution >= 4 is 5.91 Å². The Morgan fingerprint density at radius 3 is 2.71 bits per heavy atom. The molecule has 0 saturated heterocycles. The molecular weight excluding hydrogens is 350 g/mol. The number of imidazole rings is 1. The Labute approximate surface area is 165 Å². The third-order valence-electron chi connectivity index (χ3n) is 5.54. The standard InChI is InChI=1S/C23H25N3O2/c1-26-15-14-24-22(26)21(17-10-12-18(28-2)13-11-17)25-23(27)20-9-5-7-16-6-3-4-8-19(16)20/h3-4,6,8,10-15,20-21H,5,7,9H2,1-2H3,(H,25,27). The van der Waals surface area contributed by atoms with Crippen LogP contribution in [0.5, 0.6) is 5.75 Å². The van der Waals surface area contributed by atoms with Gasteiger partial charge in [0.2, 0.25) is 5.91 Å². The molecule has 5 heteroatoms. The molecule has 0 saturated carbocycles. The van der Waals surface area contributed by atoms with Crippen LogP contribution >= 0.6 is 0 Å². The second-order valence-corrected chi connectivity index (χ2v) is 7.25. The van der Waals surface area contributed by atoms with Crippen molar-refractivity contribution in [3.05, 3.63) is 83.4 Å². The van der Waals surface area contributed by atoms with Gasteiger partial charge < -0.3 is 14.6 Å². The molecule has 144 valence electrons. The van der Waals surface area contributed by atoms with E-state index in [9.17, 15) is 4.79 Å². The molecule has 0 spiro atoms. The zero-order valence-electron chi connectivity index (χ0n) is 16.3. The van der Waals surface area contributed by atoms with Gasteiger partial charge in [-0.25, -0.2) is 4.98 Å². The van der Waals surface area contributed by atoms with Crippen LogP contribution in [0.1, 0.15) is 47.3 Å². The Morgan fingerprint density at radius 1 is 1.21 bits per heavy atom. The Morgan fingerprint density at radius 2 is 2.00 bits per heavy atom. The SMILES string of the molecule is COc1ccc(C(NC(=O)C2CCCc3ccccc32)c2nccn2C)cc1. The van der Waals surface area contributed by atoms with Crippen molar-refractivity contribution in [2.24, 2.45) is 7.05 Å². The van der Waals surface area contributed by atoms with Crippen molar-refractivity contribution in [1.29, 1.82) is 0 Å². The molecule has 1 aliphatic carbocycles. The number of hydrogen-bond donors (Lipinski definition) is 1. The van der Waals surface area contributed by atoms with Crippen molar-refractivity contribution < 1.29 is 9.53 Å². The Hall–Kier alpha value is -3.08. The molecule has 2 unspecified atom stereocenters. The first-order valence-corrected chi connectivity index (χ1v) is 9.66. The lowest BCUT2D eigenvalue weighted by Crippen LogP contribution is -2.36. The van der Waals surface area contributed by atoms with E-state index < -0.39 is 0 Å². The maximum Gasteiger partial charge on any atom is 0.228 e. The predicted molar refractivity (Wildman–Crippen MR) is 108 cm³/mol. The fourth-order valence-corrected chi connectivity index (χ4v) is 4.02. The maximum atomic E-state index is 13.3.